The number of likely N-dealkylation sites (tertiary alicyclic amines) is 1. The molecule has 21 heavy (non-hydrogen) atoms. The molecule has 0 radical (unpaired) electrons. The number of benzene rings is 1. The van der Waals surface area contributed by atoms with Gasteiger partial charge in [-0.2, -0.15) is 0 Å². The van der Waals surface area contributed by atoms with E-state index in [4.69, 9.17) is 16.0 Å². The van der Waals surface area contributed by atoms with E-state index in [1.54, 1.807) is 18.2 Å². The highest BCUT2D eigenvalue weighted by Crippen LogP contribution is 2.24. The molecule has 0 spiro atoms. The van der Waals surface area contributed by atoms with Crippen LogP contribution in [0, 0.1) is 0 Å². The molecule has 3 rings (SSSR count). The first kappa shape index (κ1) is 14.4. The summed E-state index contributed by atoms with van der Waals surface area (Å²) in [7, 11) is 0. The van der Waals surface area contributed by atoms with Gasteiger partial charge < -0.3 is 9.73 Å². The number of hydrogen-bond acceptors (Lipinski definition) is 3. The first-order valence-corrected chi connectivity index (χ1v) is 7.72. The van der Waals surface area contributed by atoms with Gasteiger partial charge in [0.15, 0.2) is 0 Å². The van der Waals surface area contributed by atoms with Gasteiger partial charge in [0.25, 0.3) is 5.91 Å². The van der Waals surface area contributed by atoms with E-state index in [2.05, 4.69) is 17.1 Å². The predicted octanol–water partition coefficient (Wildman–Crippen LogP) is 3.30. The van der Waals surface area contributed by atoms with Crippen molar-refractivity contribution in [1.82, 2.24) is 10.2 Å². The lowest BCUT2D eigenvalue weighted by atomic mass is 10.1. The van der Waals surface area contributed by atoms with Gasteiger partial charge in [0.2, 0.25) is 0 Å². The Hall–Kier alpha value is -1.52. The van der Waals surface area contributed by atoms with Crippen LogP contribution >= 0.6 is 11.6 Å². The highest BCUT2D eigenvalue weighted by molar-refractivity contribution is 6.31. The molecular formula is C16H19ClN2O2. The van der Waals surface area contributed by atoms with Gasteiger partial charge in [-0.15, -0.1) is 0 Å². The van der Waals surface area contributed by atoms with Gasteiger partial charge in [-0.25, -0.2) is 0 Å². The molecule has 1 aromatic heterocycles. The van der Waals surface area contributed by atoms with E-state index in [-0.39, 0.29) is 5.91 Å². The summed E-state index contributed by atoms with van der Waals surface area (Å²) < 4.78 is 5.40. The number of halogens is 1. The van der Waals surface area contributed by atoms with Crippen LogP contribution in [0.25, 0.3) is 11.0 Å². The summed E-state index contributed by atoms with van der Waals surface area (Å²) in [5, 5.41) is 4.35. The molecule has 1 aromatic carbocycles. The van der Waals surface area contributed by atoms with Crippen LogP contribution in [0.2, 0.25) is 5.02 Å². The van der Waals surface area contributed by atoms with Crippen LogP contribution in [-0.4, -0.2) is 36.5 Å². The largest absolute Gasteiger partial charge is 0.463 e. The van der Waals surface area contributed by atoms with Crippen LogP contribution in [0.15, 0.2) is 28.9 Å². The zero-order chi connectivity index (χ0) is 14.8. The lowest BCUT2D eigenvalue weighted by Gasteiger charge is -2.23. The maximum absolute atomic E-state index is 12.3. The number of carbonyl (C=O) groups is 1. The number of nitrogens with zero attached hydrogens (tertiary/aromatic N) is 1. The smallest absolute Gasteiger partial charge is 0.255 e. The molecule has 1 aliphatic heterocycles. The summed E-state index contributed by atoms with van der Waals surface area (Å²) >= 11 is 5.99. The van der Waals surface area contributed by atoms with E-state index in [0.717, 1.165) is 18.5 Å². The average molecular weight is 307 g/mol. The first-order chi connectivity index (χ1) is 10.1. The molecule has 4 nitrogen and oxygen atoms in total. The first-order valence-electron chi connectivity index (χ1n) is 7.34. The second-order valence-corrected chi connectivity index (χ2v) is 6.03. The lowest BCUT2D eigenvalue weighted by Crippen LogP contribution is -2.40. The van der Waals surface area contributed by atoms with Crippen molar-refractivity contribution in [3.63, 3.8) is 0 Å². The van der Waals surface area contributed by atoms with Crippen LogP contribution in [0.4, 0.5) is 0 Å². The molecule has 1 aliphatic rings. The highest BCUT2D eigenvalue weighted by Gasteiger charge is 2.20. The second-order valence-electron chi connectivity index (χ2n) is 5.59. The van der Waals surface area contributed by atoms with Crippen LogP contribution in [0.5, 0.6) is 0 Å². The second kappa shape index (κ2) is 6.08. The summed E-state index contributed by atoms with van der Waals surface area (Å²) in [6, 6.07) is 5.66. The standard InChI is InChI=1S/C16H19ClN2O2/c1-11(19-6-2-3-7-19)9-18-16(20)14-10-21-15-5-4-12(17)8-13(14)15/h4-5,8,10-11H,2-3,6-7,9H2,1H3,(H,18,20). The van der Waals surface area contributed by atoms with Gasteiger partial charge in [-0.1, -0.05) is 11.6 Å². The molecule has 1 unspecified atom stereocenters. The van der Waals surface area contributed by atoms with E-state index in [9.17, 15) is 4.79 Å². The molecule has 0 aliphatic carbocycles. The van der Waals surface area contributed by atoms with Crippen LogP contribution in [0.3, 0.4) is 0 Å². The Kier molecular flexibility index (Phi) is 4.17. The fourth-order valence-electron chi connectivity index (χ4n) is 2.82. The number of furan rings is 1. The molecule has 1 atom stereocenters. The summed E-state index contributed by atoms with van der Waals surface area (Å²) in [5.74, 6) is -0.109. The minimum Gasteiger partial charge on any atom is -0.463 e. The van der Waals surface area contributed by atoms with E-state index in [1.165, 1.54) is 19.1 Å². The van der Waals surface area contributed by atoms with Gasteiger partial charge >= 0.3 is 0 Å². The van der Waals surface area contributed by atoms with E-state index in [0.29, 0.717) is 28.8 Å². The van der Waals surface area contributed by atoms with Crippen LogP contribution < -0.4 is 5.32 Å². The Morgan fingerprint density at radius 3 is 2.95 bits per heavy atom. The van der Waals surface area contributed by atoms with Crippen LogP contribution in [-0.2, 0) is 0 Å². The summed E-state index contributed by atoms with van der Waals surface area (Å²) in [4.78, 5) is 14.7. The molecule has 1 saturated heterocycles. The number of rotatable bonds is 4. The Morgan fingerprint density at radius 1 is 1.43 bits per heavy atom. The molecule has 2 aromatic rings. The highest BCUT2D eigenvalue weighted by atomic mass is 35.5. The molecule has 112 valence electrons. The van der Waals surface area contributed by atoms with Crippen molar-refractivity contribution in [2.45, 2.75) is 25.8 Å². The Morgan fingerprint density at radius 2 is 2.19 bits per heavy atom. The minimum atomic E-state index is -0.109. The summed E-state index contributed by atoms with van der Waals surface area (Å²) in [5.41, 5.74) is 1.22. The number of hydrogen-bond donors (Lipinski definition) is 1. The van der Waals surface area contributed by atoms with E-state index >= 15 is 0 Å². The van der Waals surface area contributed by atoms with Gasteiger partial charge in [0.1, 0.15) is 11.8 Å². The average Bonchev–Trinajstić information content (AvgIpc) is 3.13. The molecule has 5 heteroatoms. The molecule has 1 fully saturated rings. The Labute approximate surface area is 129 Å². The molecule has 0 bridgehead atoms. The molecule has 2 heterocycles. The van der Waals surface area contributed by atoms with Crippen molar-refractivity contribution in [3.8, 4) is 0 Å². The number of carbonyl (C=O) groups excluding carboxylic acids is 1. The summed E-state index contributed by atoms with van der Waals surface area (Å²) in [6.07, 6.45) is 4.00. The van der Waals surface area contributed by atoms with Crippen LogP contribution in [0.1, 0.15) is 30.1 Å². The molecular weight excluding hydrogens is 288 g/mol. The van der Waals surface area contributed by atoms with Gasteiger partial charge in [-0.3, -0.25) is 9.69 Å². The summed E-state index contributed by atoms with van der Waals surface area (Å²) in [6.45, 7) is 5.05. The van der Waals surface area contributed by atoms with Crippen molar-refractivity contribution in [3.05, 3.63) is 35.0 Å². The molecule has 0 saturated carbocycles. The Balaban J connectivity index is 1.67. The fraction of sp³-hybridized carbons (Fsp3) is 0.438. The fourth-order valence-corrected chi connectivity index (χ4v) is 3.00. The van der Waals surface area contributed by atoms with Crippen molar-refractivity contribution in [2.24, 2.45) is 0 Å². The maximum Gasteiger partial charge on any atom is 0.255 e. The quantitative estimate of drug-likeness (QED) is 0.942. The van der Waals surface area contributed by atoms with Gasteiger partial charge in [0, 0.05) is 23.0 Å². The predicted molar refractivity (Wildman–Crippen MR) is 83.8 cm³/mol. The third-order valence-corrected chi connectivity index (χ3v) is 4.34. The van der Waals surface area contributed by atoms with Crippen molar-refractivity contribution in [2.75, 3.05) is 19.6 Å². The lowest BCUT2D eigenvalue weighted by molar-refractivity contribution is 0.0941. The zero-order valence-electron chi connectivity index (χ0n) is 12.1. The van der Waals surface area contributed by atoms with Gasteiger partial charge in [0.05, 0.1) is 5.56 Å². The monoisotopic (exact) mass is 306 g/mol. The molecule has 1 N–H and O–H groups in total. The SMILES string of the molecule is CC(CNC(=O)c1coc2ccc(Cl)cc12)N1CCCC1. The molecule has 1 amide bonds. The Bertz CT molecular complexity index is 647. The number of amides is 1. The maximum atomic E-state index is 12.3. The zero-order valence-corrected chi connectivity index (χ0v) is 12.8. The minimum absolute atomic E-state index is 0.109. The third kappa shape index (κ3) is 3.06. The topological polar surface area (TPSA) is 45.5 Å². The van der Waals surface area contributed by atoms with Gasteiger partial charge in [-0.05, 0) is 51.1 Å². The van der Waals surface area contributed by atoms with E-state index in [1.807, 2.05) is 0 Å². The van der Waals surface area contributed by atoms with Crippen molar-refractivity contribution in [1.29, 1.82) is 0 Å². The van der Waals surface area contributed by atoms with Crippen molar-refractivity contribution >= 4 is 28.5 Å². The number of fused-ring (bicyclic) bond motifs is 1. The third-order valence-electron chi connectivity index (χ3n) is 4.10. The van der Waals surface area contributed by atoms with E-state index < -0.39 is 0 Å². The van der Waals surface area contributed by atoms with Crippen molar-refractivity contribution < 1.29 is 9.21 Å². The number of nitrogens with one attached hydrogen (secondary N) is 1. The normalized spacial score (nSPS) is 17.2.